The third-order valence-electron chi connectivity index (χ3n) is 3.56. The van der Waals surface area contributed by atoms with Gasteiger partial charge in [0.05, 0.1) is 0 Å². The fraction of sp³-hybridized carbons (Fsp3) is 0.400. The molecule has 1 saturated carbocycles. The van der Waals surface area contributed by atoms with Gasteiger partial charge in [0.1, 0.15) is 5.75 Å². The van der Waals surface area contributed by atoms with Gasteiger partial charge >= 0.3 is 6.03 Å². The van der Waals surface area contributed by atoms with Crippen LogP contribution in [0.15, 0.2) is 36.0 Å². The van der Waals surface area contributed by atoms with Gasteiger partial charge in [0.15, 0.2) is 0 Å². The third kappa shape index (κ3) is 4.02. The Morgan fingerprint density at radius 2 is 1.89 bits per heavy atom. The van der Waals surface area contributed by atoms with E-state index in [1.165, 1.54) is 43.4 Å². The molecule has 0 atom stereocenters. The molecule has 102 valence electrons. The average molecular weight is 260 g/mol. The van der Waals surface area contributed by atoms with E-state index >= 15 is 0 Å². The SMILES string of the molecule is C/C(=C\NC(=O)Nc1ccc(O)cc1)C1CCCC1. The summed E-state index contributed by atoms with van der Waals surface area (Å²) in [5, 5.41) is 14.6. The van der Waals surface area contributed by atoms with Crippen LogP contribution >= 0.6 is 0 Å². The Kier molecular flexibility index (Phi) is 4.44. The van der Waals surface area contributed by atoms with E-state index in [-0.39, 0.29) is 11.8 Å². The van der Waals surface area contributed by atoms with E-state index in [1.807, 2.05) is 0 Å². The minimum absolute atomic E-state index is 0.183. The van der Waals surface area contributed by atoms with E-state index < -0.39 is 0 Å². The molecule has 0 radical (unpaired) electrons. The molecule has 0 spiro atoms. The Bertz CT molecular complexity index is 460. The van der Waals surface area contributed by atoms with Crippen molar-refractivity contribution >= 4 is 11.7 Å². The van der Waals surface area contributed by atoms with E-state index in [1.54, 1.807) is 18.3 Å². The Balaban J connectivity index is 1.83. The molecule has 1 aliphatic carbocycles. The van der Waals surface area contributed by atoms with Crippen LogP contribution in [0.1, 0.15) is 32.6 Å². The summed E-state index contributed by atoms with van der Waals surface area (Å²) in [4.78, 5) is 11.7. The summed E-state index contributed by atoms with van der Waals surface area (Å²) in [6.45, 7) is 2.07. The first-order valence-corrected chi connectivity index (χ1v) is 6.68. The number of rotatable bonds is 3. The van der Waals surface area contributed by atoms with Crippen molar-refractivity contribution in [2.75, 3.05) is 5.32 Å². The number of nitrogens with one attached hydrogen (secondary N) is 2. The first-order valence-electron chi connectivity index (χ1n) is 6.68. The van der Waals surface area contributed by atoms with Gasteiger partial charge in [-0.15, -0.1) is 0 Å². The number of phenolic OH excluding ortho intramolecular Hbond substituents is 1. The topological polar surface area (TPSA) is 61.4 Å². The number of carbonyl (C=O) groups excluding carboxylic acids is 1. The van der Waals surface area contributed by atoms with Crippen molar-refractivity contribution in [1.82, 2.24) is 5.32 Å². The molecule has 4 heteroatoms. The van der Waals surface area contributed by atoms with Gasteiger partial charge in [-0.1, -0.05) is 18.4 Å². The Hall–Kier alpha value is -1.97. The number of urea groups is 1. The molecule has 1 fully saturated rings. The van der Waals surface area contributed by atoms with Gasteiger partial charge in [-0.3, -0.25) is 0 Å². The molecule has 2 rings (SSSR count). The number of allylic oxidation sites excluding steroid dienone is 1. The largest absolute Gasteiger partial charge is 0.508 e. The molecule has 1 aromatic rings. The Morgan fingerprint density at radius 1 is 1.26 bits per heavy atom. The smallest absolute Gasteiger partial charge is 0.323 e. The standard InChI is InChI=1S/C15H20N2O2/c1-11(12-4-2-3-5-12)10-16-15(19)17-13-6-8-14(18)9-7-13/h6-10,12,18H,2-5H2,1H3,(H2,16,17,19)/b11-10+. The minimum Gasteiger partial charge on any atom is -0.508 e. The maximum Gasteiger partial charge on any atom is 0.323 e. The monoisotopic (exact) mass is 260 g/mol. The number of amides is 2. The maximum absolute atomic E-state index is 11.7. The summed E-state index contributed by atoms with van der Waals surface area (Å²) in [5.74, 6) is 0.803. The number of phenols is 1. The summed E-state index contributed by atoms with van der Waals surface area (Å²) in [7, 11) is 0. The van der Waals surface area contributed by atoms with Gasteiger partial charge in [-0.2, -0.15) is 0 Å². The quantitative estimate of drug-likeness (QED) is 0.727. The first-order chi connectivity index (χ1) is 9.15. The molecule has 4 nitrogen and oxygen atoms in total. The van der Waals surface area contributed by atoms with Crippen LogP contribution in [0, 0.1) is 5.92 Å². The van der Waals surface area contributed by atoms with Crippen LogP contribution in [0.2, 0.25) is 0 Å². The van der Waals surface area contributed by atoms with Crippen LogP contribution < -0.4 is 10.6 Å². The fourth-order valence-corrected chi connectivity index (χ4v) is 2.39. The molecule has 19 heavy (non-hydrogen) atoms. The lowest BCUT2D eigenvalue weighted by molar-refractivity contribution is 0.255. The van der Waals surface area contributed by atoms with E-state index in [4.69, 9.17) is 5.11 Å². The average Bonchev–Trinajstić information content (AvgIpc) is 2.93. The van der Waals surface area contributed by atoms with Gasteiger partial charge in [-0.05, 0) is 49.9 Å². The van der Waals surface area contributed by atoms with Gasteiger partial charge in [0.2, 0.25) is 0 Å². The highest BCUT2D eigenvalue weighted by molar-refractivity contribution is 5.89. The molecule has 1 aliphatic rings. The van der Waals surface area contributed by atoms with Gasteiger partial charge in [-0.25, -0.2) is 4.79 Å². The molecule has 0 aliphatic heterocycles. The van der Waals surface area contributed by atoms with E-state index in [2.05, 4.69) is 17.6 Å². The highest BCUT2D eigenvalue weighted by atomic mass is 16.3. The first kappa shape index (κ1) is 13.5. The predicted molar refractivity (Wildman–Crippen MR) is 76.0 cm³/mol. The van der Waals surface area contributed by atoms with Crippen molar-refractivity contribution in [3.05, 3.63) is 36.0 Å². The number of benzene rings is 1. The highest BCUT2D eigenvalue weighted by Gasteiger charge is 2.16. The van der Waals surface area contributed by atoms with Crippen LogP contribution in [-0.4, -0.2) is 11.1 Å². The van der Waals surface area contributed by atoms with Crippen molar-refractivity contribution in [3.8, 4) is 5.75 Å². The summed E-state index contributed by atoms with van der Waals surface area (Å²) < 4.78 is 0. The summed E-state index contributed by atoms with van der Waals surface area (Å²) in [6, 6.07) is 6.12. The highest BCUT2D eigenvalue weighted by Crippen LogP contribution is 2.30. The maximum atomic E-state index is 11.7. The minimum atomic E-state index is -0.261. The molecule has 0 bridgehead atoms. The zero-order valence-corrected chi connectivity index (χ0v) is 11.1. The van der Waals surface area contributed by atoms with Crippen molar-refractivity contribution in [2.24, 2.45) is 5.92 Å². The molecular formula is C15H20N2O2. The predicted octanol–water partition coefficient (Wildman–Crippen LogP) is 3.61. The van der Waals surface area contributed by atoms with Crippen LogP contribution in [0.5, 0.6) is 5.75 Å². The lowest BCUT2D eigenvalue weighted by Gasteiger charge is -2.10. The summed E-state index contributed by atoms with van der Waals surface area (Å²) in [6.07, 6.45) is 6.82. The molecule has 1 aromatic carbocycles. The number of hydrogen-bond donors (Lipinski definition) is 3. The van der Waals surface area contributed by atoms with E-state index in [9.17, 15) is 4.79 Å². The van der Waals surface area contributed by atoms with Gasteiger partial charge < -0.3 is 15.7 Å². The van der Waals surface area contributed by atoms with Crippen molar-refractivity contribution in [2.45, 2.75) is 32.6 Å². The lowest BCUT2D eigenvalue weighted by Crippen LogP contribution is -2.24. The molecular weight excluding hydrogens is 240 g/mol. The second-order valence-corrected chi connectivity index (χ2v) is 5.02. The van der Waals surface area contributed by atoms with E-state index in [0.29, 0.717) is 11.6 Å². The van der Waals surface area contributed by atoms with Crippen LogP contribution in [0.3, 0.4) is 0 Å². The van der Waals surface area contributed by atoms with Crippen molar-refractivity contribution in [3.63, 3.8) is 0 Å². The second kappa shape index (κ2) is 6.27. The molecule has 0 heterocycles. The molecule has 0 aromatic heterocycles. The molecule has 2 amide bonds. The van der Waals surface area contributed by atoms with Crippen molar-refractivity contribution in [1.29, 1.82) is 0 Å². The van der Waals surface area contributed by atoms with Crippen LogP contribution in [0.4, 0.5) is 10.5 Å². The number of aromatic hydroxyl groups is 1. The normalized spacial score (nSPS) is 16.4. The van der Waals surface area contributed by atoms with Crippen molar-refractivity contribution < 1.29 is 9.90 Å². The van der Waals surface area contributed by atoms with Gasteiger partial charge in [0, 0.05) is 11.9 Å². The summed E-state index contributed by atoms with van der Waals surface area (Å²) >= 11 is 0. The Morgan fingerprint density at radius 3 is 2.53 bits per heavy atom. The van der Waals surface area contributed by atoms with Gasteiger partial charge in [0.25, 0.3) is 0 Å². The fourth-order valence-electron chi connectivity index (χ4n) is 2.39. The van der Waals surface area contributed by atoms with E-state index in [0.717, 1.165) is 0 Å². The zero-order chi connectivity index (χ0) is 13.7. The lowest BCUT2D eigenvalue weighted by atomic mass is 10.0. The number of carbonyl (C=O) groups is 1. The number of hydrogen-bond acceptors (Lipinski definition) is 2. The third-order valence-corrected chi connectivity index (χ3v) is 3.56. The molecule has 3 N–H and O–H groups in total. The second-order valence-electron chi connectivity index (χ2n) is 5.02. The van der Waals surface area contributed by atoms with Crippen LogP contribution in [-0.2, 0) is 0 Å². The Labute approximate surface area is 113 Å². The summed E-state index contributed by atoms with van der Waals surface area (Å²) in [5.41, 5.74) is 1.89. The van der Waals surface area contributed by atoms with Crippen LogP contribution in [0.25, 0.3) is 0 Å². The number of anilines is 1. The molecule has 0 unspecified atom stereocenters. The zero-order valence-electron chi connectivity index (χ0n) is 11.1. The molecule has 0 saturated heterocycles.